The van der Waals surface area contributed by atoms with Crippen molar-refractivity contribution in [1.82, 2.24) is 24.3 Å². The van der Waals surface area contributed by atoms with Gasteiger partial charge in [0.1, 0.15) is 11.3 Å². The Labute approximate surface area is 156 Å². The molecule has 3 aromatic heterocycles. The summed E-state index contributed by atoms with van der Waals surface area (Å²) in [6.07, 6.45) is 7.68. The van der Waals surface area contributed by atoms with Gasteiger partial charge in [-0.25, -0.2) is 15.0 Å². The monoisotopic (exact) mass is 370 g/mol. The number of rotatable bonds is 4. The van der Waals surface area contributed by atoms with E-state index in [4.69, 9.17) is 11.6 Å². The minimum atomic E-state index is 0.0431. The van der Waals surface area contributed by atoms with E-state index in [1.807, 2.05) is 45.6 Å². The fourth-order valence-electron chi connectivity index (χ4n) is 3.42. The zero-order valence-corrected chi connectivity index (χ0v) is 15.2. The lowest BCUT2D eigenvalue weighted by Crippen LogP contribution is -2.33. The van der Waals surface area contributed by atoms with E-state index in [0.29, 0.717) is 22.6 Å². The standard InChI is InChI=1S/C18H19ClN6O/c1-23(18-21-9-14(19)10-22-18)11-13-5-7-24(12-13)17(26)15-3-2-4-16-20-6-8-25(15)16/h2-4,6,8-10,13H,5,7,11-12H2,1H3. The predicted octanol–water partition coefficient (Wildman–Crippen LogP) is 2.38. The quantitative estimate of drug-likeness (QED) is 0.705. The maximum absolute atomic E-state index is 12.9. The Hall–Kier alpha value is -2.67. The highest BCUT2D eigenvalue weighted by Crippen LogP contribution is 2.21. The summed E-state index contributed by atoms with van der Waals surface area (Å²) in [6.45, 7) is 2.27. The van der Waals surface area contributed by atoms with Crippen LogP contribution in [0.2, 0.25) is 5.02 Å². The van der Waals surface area contributed by atoms with Crippen molar-refractivity contribution in [3.63, 3.8) is 0 Å². The van der Waals surface area contributed by atoms with Gasteiger partial charge in [0.15, 0.2) is 0 Å². The van der Waals surface area contributed by atoms with Crippen LogP contribution in [0.3, 0.4) is 0 Å². The van der Waals surface area contributed by atoms with Crippen LogP contribution in [-0.4, -0.2) is 56.8 Å². The molecule has 1 aliphatic heterocycles. The molecule has 1 fully saturated rings. The summed E-state index contributed by atoms with van der Waals surface area (Å²) in [5.74, 6) is 1.06. The fourth-order valence-corrected chi connectivity index (χ4v) is 3.52. The molecule has 0 saturated carbocycles. The molecule has 26 heavy (non-hydrogen) atoms. The summed E-state index contributed by atoms with van der Waals surface area (Å²) in [5, 5.41) is 0.522. The van der Waals surface area contributed by atoms with Gasteiger partial charge in [0, 0.05) is 39.1 Å². The van der Waals surface area contributed by atoms with Crippen molar-refractivity contribution < 1.29 is 4.79 Å². The first-order chi connectivity index (χ1) is 12.6. The molecule has 1 unspecified atom stereocenters. The molecule has 1 atom stereocenters. The molecule has 7 nitrogen and oxygen atoms in total. The average Bonchev–Trinajstić information content (AvgIpc) is 3.30. The largest absolute Gasteiger partial charge is 0.344 e. The van der Waals surface area contributed by atoms with Crippen molar-refractivity contribution in [2.45, 2.75) is 6.42 Å². The van der Waals surface area contributed by atoms with Gasteiger partial charge >= 0.3 is 0 Å². The molecule has 4 rings (SSSR count). The van der Waals surface area contributed by atoms with E-state index in [1.165, 1.54) is 0 Å². The van der Waals surface area contributed by atoms with Gasteiger partial charge in [-0.15, -0.1) is 0 Å². The third-order valence-electron chi connectivity index (χ3n) is 4.70. The number of hydrogen-bond acceptors (Lipinski definition) is 5. The van der Waals surface area contributed by atoms with Gasteiger partial charge in [-0.3, -0.25) is 9.20 Å². The minimum Gasteiger partial charge on any atom is -0.344 e. The first-order valence-corrected chi connectivity index (χ1v) is 8.89. The maximum atomic E-state index is 12.9. The lowest BCUT2D eigenvalue weighted by Gasteiger charge is -2.22. The molecule has 4 heterocycles. The normalized spacial score (nSPS) is 17.0. The Morgan fingerprint density at radius 3 is 2.92 bits per heavy atom. The topological polar surface area (TPSA) is 66.6 Å². The molecule has 134 valence electrons. The molecule has 3 aromatic rings. The lowest BCUT2D eigenvalue weighted by molar-refractivity contribution is 0.0780. The average molecular weight is 371 g/mol. The molecule has 1 saturated heterocycles. The second-order valence-corrected chi connectivity index (χ2v) is 6.99. The Morgan fingerprint density at radius 2 is 2.12 bits per heavy atom. The summed E-state index contributed by atoms with van der Waals surface area (Å²) < 4.78 is 1.84. The number of pyridine rings is 1. The van der Waals surface area contributed by atoms with Crippen molar-refractivity contribution in [1.29, 1.82) is 0 Å². The fraction of sp³-hybridized carbons (Fsp3) is 0.333. The van der Waals surface area contributed by atoms with Crippen LogP contribution in [0.1, 0.15) is 16.9 Å². The van der Waals surface area contributed by atoms with Crippen LogP contribution in [0.25, 0.3) is 5.65 Å². The Balaban J connectivity index is 1.42. The van der Waals surface area contributed by atoms with Crippen LogP contribution in [0, 0.1) is 5.92 Å². The van der Waals surface area contributed by atoms with Crippen LogP contribution >= 0.6 is 11.6 Å². The summed E-state index contributed by atoms with van der Waals surface area (Å²) >= 11 is 5.84. The zero-order chi connectivity index (χ0) is 18.1. The van der Waals surface area contributed by atoms with Crippen molar-refractivity contribution in [3.8, 4) is 0 Å². The Bertz CT molecular complexity index is 925. The number of fused-ring (bicyclic) bond motifs is 1. The van der Waals surface area contributed by atoms with E-state index in [-0.39, 0.29) is 5.91 Å². The van der Waals surface area contributed by atoms with Gasteiger partial charge in [0.2, 0.25) is 5.95 Å². The smallest absolute Gasteiger partial charge is 0.270 e. The summed E-state index contributed by atoms with van der Waals surface area (Å²) in [7, 11) is 1.96. The van der Waals surface area contributed by atoms with E-state index in [1.54, 1.807) is 18.6 Å². The van der Waals surface area contributed by atoms with Crippen molar-refractivity contribution >= 4 is 29.1 Å². The van der Waals surface area contributed by atoms with Gasteiger partial charge in [-0.2, -0.15) is 0 Å². The van der Waals surface area contributed by atoms with Gasteiger partial charge in [0.25, 0.3) is 5.91 Å². The molecule has 0 radical (unpaired) electrons. The molecular formula is C18H19ClN6O. The van der Waals surface area contributed by atoms with Crippen LogP contribution in [-0.2, 0) is 0 Å². The number of hydrogen-bond donors (Lipinski definition) is 0. The maximum Gasteiger partial charge on any atom is 0.270 e. The predicted molar refractivity (Wildman–Crippen MR) is 99.5 cm³/mol. The molecule has 1 amide bonds. The third kappa shape index (κ3) is 3.22. The highest BCUT2D eigenvalue weighted by molar-refractivity contribution is 6.30. The molecule has 0 spiro atoms. The second kappa shape index (κ2) is 6.92. The van der Waals surface area contributed by atoms with E-state index in [2.05, 4.69) is 15.0 Å². The highest BCUT2D eigenvalue weighted by Gasteiger charge is 2.29. The molecule has 0 aliphatic carbocycles. The SMILES string of the molecule is CN(CC1CCN(C(=O)c2cccc3nccn23)C1)c1ncc(Cl)cn1. The first kappa shape index (κ1) is 16.8. The number of imidazole rings is 1. The Morgan fingerprint density at radius 1 is 1.31 bits per heavy atom. The third-order valence-corrected chi connectivity index (χ3v) is 4.90. The number of aromatic nitrogens is 4. The minimum absolute atomic E-state index is 0.0431. The summed E-state index contributed by atoms with van der Waals surface area (Å²) in [4.78, 5) is 29.6. The number of carbonyl (C=O) groups is 1. The number of likely N-dealkylation sites (tertiary alicyclic amines) is 1. The molecule has 1 aliphatic rings. The van der Waals surface area contributed by atoms with Crippen molar-refractivity contribution in [2.24, 2.45) is 5.92 Å². The number of halogens is 1. The summed E-state index contributed by atoms with van der Waals surface area (Å²) in [5.41, 5.74) is 1.43. The van der Waals surface area contributed by atoms with Gasteiger partial charge in [-0.05, 0) is 24.5 Å². The number of nitrogens with zero attached hydrogens (tertiary/aromatic N) is 6. The van der Waals surface area contributed by atoms with Gasteiger partial charge in [0.05, 0.1) is 17.4 Å². The molecule has 0 bridgehead atoms. The van der Waals surface area contributed by atoms with E-state index < -0.39 is 0 Å². The molecule has 0 aromatic carbocycles. The van der Waals surface area contributed by atoms with E-state index in [0.717, 1.165) is 31.7 Å². The van der Waals surface area contributed by atoms with Crippen LogP contribution in [0.4, 0.5) is 5.95 Å². The zero-order valence-electron chi connectivity index (χ0n) is 14.4. The van der Waals surface area contributed by atoms with Crippen molar-refractivity contribution in [2.75, 3.05) is 31.6 Å². The summed E-state index contributed by atoms with van der Waals surface area (Å²) in [6, 6.07) is 5.61. The molecule has 8 heteroatoms. The number of amides is 1. The first-order valence-electron chi connectivity index (χ1n) is 8.52. The van der Waals surface area contributed by atoms with Crippen molar-refractivity contribution in [3.05, 3.63) is 53.7 Å². The highest BCUT2D eigenvalue weighted by atomic mass is 35.5. The van der Waals surface area contributed by atoms with E-state index >= 15 is 0 Å². The Kier molecular flexibility index (Phi) is 4.46. The van der Waals surface area contributed by atoms with Gasteiger partial charge < -0.3 is 9.80 Å². The number of carbonyl (C=O) groups excluding carboxylic acids is 1. The lowest BCUT2D eigenvalue weighted by atomic mass is 10.1. The van der Waals surface area contributed by atoms with E-state index in [9.17, 15) is 4.79 Å². The van der Waals surface area contributed by atoms with Crippen LogP contribution in [0.15, 0.2) is 43.0 Å². The van der Waals surface area contributed by atoms with Crippen LogP contribution in [0.5, 0.6) is 0 Å². The van der Waals surface area contributed by atoms with Gasteiger partial charge in [-0.1, -0.05) is 17.7 Å². The molecular weight excluding hydrogens is 352 g/mol. The molecule has 0 N–H and O–H groups in total. The number of anilines is 1. The van der Waals surface area contributed by atoms with Crippen LogP contribution < -0.4 is 4.90 Å². The second-order valence-electron chi connectivity index (χ2n) is 6.55.